The zero-order valence-electron chi connectivity index (χ0n) is 7.82. The van der Waals surface area contributed by atoms with E-state index in [9.17, 15) is 0 Å². The molecule has 4 nitrogen and oxygen atoms in total. The minimum atomic E-state index is 0.795. The first-order chi connectivity index (χ1) is 6.84. The van der Waals surface area contributed by atoms with Crippen LogP contribution >= 0.6 is 15.9 Å². The van der Waals surface area contributed by atoms with Gasteiger partial charge in [-0.15, -0.1) is 0 Å². The van der Waals surface area contributed by atoms with Crippen molar-refractivity contribution in [2.75, 3.05) is 26.3 Å². The number of aromatic nitrogens is 2. The highest BCUT2D eigenvalue weighted by Crippen LogP contribution is 2.07. The fourth-order valence-corrected chi connectivity index (χ4v) is 1.79. The third kappa shape index (κ3) is 2.73. The topological polar surface area (TPSA) is 38.2 Å². The zero-order valence-corrected chi connectivity index (χ0v) is 9.40. The van der Waals surface area contributed by atoms with E-state index in [1.165, 1.54) is 0 Å². The van der Waals surface area contributed by atoms with Crippen molar-refractivity contribution in [1.29, 1.82) is 0 Å². The van der Waals surface area contributed by atoms with Gasteiger partial charge in [0, 0.05) is 25.8 Å². The van der Waals surface area contributed by atoms with Crippen LogP contribution in [-0.4, -0.2) is 41.2 Å². The lowest BCUT2D eigenvalue weighted by atomic mass is 10.3. The summed E-state index contributed by atoms with van der Waals surface area (Å²) in [5, 5.41) is 0. The fraction of sp³-hybridized carbons (Fsp3) is 0.556. The molecule has 76 valence electrons. The first kappa shape index (κ1) is 10.0. The molecule has 1 aromatic rings. The van der Waals surface area contributed by atoms with Crippen LogP contribution in [0.2, 0.25) is 0 Å². The maximum absolute atomic E-state index is 5.27. The number of hydrogen-bond acceptors (Lipinski definition) is 4. The predicted molar refractivity (Wildman–Crippen MR) is 55.8 cm³/mol. The Balaban J connectivity index is 1.95. The van der Waals surface area contributed by atoms with Gasteiger partial charge in [0.05, 0.1) is 25.1 Å². The van der Waals surface area contributed by atoms with Gasteiger partial charge in [-0.05, 0) is 15.9 Å². The lowest BCUT2D eigenvalue weighted by Gasteiger charge is -2.25. The fourth-order valence-electron chi connectivity index (χ4n) is 1.44. The monoisotopic (exact) mass is 257 g/mol. The molecule has 1 aliphatic heterocycles. The molecule has 0 bridgehead atoms. The third-order valence-electron chi connectivity index (χ3n) is 2.14. The van der Waals surface area contributed by atoms with E-state index in [1.54, 1.807) is 12.4 Å². The molecule has 0 amide bonds. The molecule has 1 saturated heterocycles. The Morgan fingerprint density at radius 3 is 2.86 bits per heavy atom. The minimum absolute atomic E-state index is 0.795. The van der Waals surface area contributed by atoms with Crippen LogP contribution in [0.3, 0.4) is 0 Å². The highest BCUT2D eigenvalue weighted by Gasteiger charge is 2.11. The molecule has 1 aromatic heterocycles. The first-order valence-corrected chi connectivity index (χ1v) is 5.40. The summed E-state index contributed by atoms with van der Waals surface area (Å²) in [6.45, 7) is 4.46. The molecule has 14 heavy (non-hydrogen) atoms. The summed E-state index contributed by atoms with van der Waals surface area (Å²) < 4.78 is 6.07. The zero-order chi connectivity index (χ0) is 9.80. The summed E-state index contributed by atoms with van der Waals surface area (Å²) in [6.07, 6.45) is 3.50. The van der Waals surface area contributed by atoms with Crippen molar-refractivity contribution >= 4 is 15.9 Å². The van der Waals surface area contributed by atoms with E-state index in [4.69, 9.17) is 4.74 Å². The molecule has 0 saturated carbocycles. The van der Waals surface area contributed by atoms with Crippen molar-refractivity contribution in [2.24, 2.45) is 0 Å². The van der Waals surface area contributed by atoms with Gasteiger partial charge in [0.25, 0.3) is 0 Å². The molecule has 1 aliphatic rings. The maximum atomic E-state index is 5.27. The van der Waals surface area contributed by atoms with Gasteiger partial charge in [-0.2, -0.15) is 0 Å². The Morgan fingerprint density at radius 2 is 2.14 bits per heavy atom. The number of ether oxygens (including phenoxy) is 1. The Labute approximate surface area is 91.4 Å². The predicted octanol–water partition coefficient (Wildman–Crippen LogP) is 1.07. The van der Waals surface area contributed by atoms with Crippen molar-refractivity contribution in [3.63, 3.8) is 0 Å². The molecule has 5 heteroatoms. The molecule has 0 N–H and O–H groups in total. The lowest BCUT2D eigenvalue weighted by molar-refractivity contribution is 0.0336. The van der Waals surface area contributed by atoms with Crippen LogP contribution < -0.4 is 0 Å². The molecule has 0 aliphatic carbocycles. The molecular formula is C9H12BrN3O. The van der Waals surface area contributed by atoms with Gasteiger partial charge in [0.15, 0.2) is 0 Å². The quantitative estimate of drug-likeness (QED) is 0.795. The van der Waals surface area contributed by atoms with Crippen molar-refractivity contribution in [1.82, 2.24) is 14.9 Å². The molecule has 1 fully saturated rings. The molecule has 0 radical (unpaired) electrons. The standard InChI is InChI=1S/C9H12BrN3O/c10-9-6-11-5-8(12-9)7-13-1-3-14-4-2-13/h5-6H,1-4,7H2. The highest BCUT2D eigenvalue weighted by molar-refractivity contribution is 9.10. The number of morpholine rings is 1. The first-order valence-electron chi connectivity index (χ1n) is 4.61. The molecule has 0 spiro atoms. The second-order valence-corrected chi connectivity index (χ2v) is 4.03. The second-order valence-electron chi connectivity index (χ2n) is 3.22. The molecule has 0 atom stereocenters. The largest absolute Gasteiger partial charge is 0.379 e. The minimum Gasteiger partial charge on any atom is -0.379 e. The summed E-state index contributed by atoms with van der Waals surface area (Å²) in [6, 6.07) is 0. The van der Waals surface area contributed by atoms with E-state index in [0.29, 0.717) is 0 Å². The van der Waals surface area contributed by atoms with Crippen LogP contribution in [-0.2, 0) is 11.3 Å². The van der Waals surface area contributed by atoms with Crippen molar-refractivity contribution in [2.45, 2.75) is 6.54 Å². The van der Waals surface area contributed by atoms with Gasteiger partial charge in [0.1, 0.15) is 4.60 Å². The van der Waals surface area contributed by atoms with Crippen molar-refractivity contribution in [3.05, 3.63) is 22.7 Å². The average Bonchev–Trinajstić information content (AvgIpc) is 2.19. The Hall–Kier alpha value is -0.520. The number of nitrogens with zero attached hydrogens (tertiary/aromatic N) is 3. The number of rotatable bonds is 2. The summed E-state index contributed by atoms with van der Waals surface area (Å²) in [4.78, 5) is 10.7. The van der Waals surface area contributed by atoms with E-state index in [-0.39, 0.29) is 0 Å². The normalized spacial score (nSPS) is 18.4. The molecule has 0 unspecified atom stereocenters. The lowest BCUT2D eigenvalue weighted by Crippen LogP contribution is -2.35. The van der Waals surface area contributed by atoms with E-state index in [1.807, 2.05) is 0 Å². The van der Waals surface area contributed by atoms with Gasteiger partial charge in [-0.25, -0.2) is 4.98 Å². The summed E-state index contributed by atoms with van der Waals surface area (Å²) in [7, 11) is 0. The Morgan fingerprint density at radius 1 is 1.36 bits per heavy atom. The molecule has 0 aromatic carbocycles. The van der Waals surface area contributed by atoms with Crippen LogP contribution in [0.1, 0.15) is 5.69 Å². The number of hydrogen-bond donors (Lipinski definition) is 0. The highest BCUT2D eigenvalue weighted by atomic mass is 79.9. The smallest absolute Gasteiger partial charge is 0.124 e. The van der Waals surface area contributed by atoms with Crippen LogP contribution in [0.4, 0.5) is 0 Å². The van der Waals surface area contributed by atoms with Gasteiger partial charge in [0.2, 0.25) is 0 Å². The van der Waals surface area contributed by atoms with E-state index in [2.05, 4.69) is 30.8 Å². The summed E-state index contributed by atoms with van der Waals surface area (Å²) >= 11 is 3.31. The SMILES string of the molecule is Brc1cncc(CN2CCOCC2)n1. The van der Waals surface area contributed by atoms with Crippen molar-refractivity contribution < 1.29 is 4.74 Å². The second kappa shape index (κ2) is 4.82. The third-order valence-corrected chi connectivity index (χ3v) is 2.53. The van der Waals surface area contributed by atoms with Gasteiger partial charge < -0.3 is 4.74 Å². The van der Waals surface area contributed by atoms with Crippen LogP contribution in [0.25, 0.3) is 0 Å². The van der Waals surface area contributed by atoms with Crippen LogP contribution in [0.15, 0.2) is 17.0 Å². The van der Waals surface area contributed by atoms with E-state index < -0.39 is 0 Å². The average molecular weight is 258 g/mol. The molecule has 2 heterocycles. The summed E-state index contributed by atoms with van der Waals surface area (Å²) in [5.74, 6) is 0. The molecular weight excluding hydrogens is 246 g/mol. The Bertz CT molecular complexity index is 302. The van der Waals surface area contributed by atoms with E-state index >= 15 is 0 Å². The summed E-state index contributed by atoms with van der Waals surface area (Å²) in [5.41, 5.74) is 1.00. The number of halogens is 1. The Kier molecular flexibility index (Phi) is 3.44. The van der Waals surface area contributed by atoms with Crippen LogP contribution in [0.5, 0.6) is 0 Å². The van der Waals surface area contributed by atoms with Gasteiger partial charge in [-0.1, -0.05) is 0 Å². The maximum Gasteiger partial charge on any atom is 0.124 e. The molecule has 2 rings (SSSR count). The van der Waals surface area contributed by atoms with Crippen molar-refractivity contribution in [3.8, 4) is 0 Å². The van der Waals surface area contributed by atoms with Gasteiger partial charge in [-0.3, -0.25) is 9.88 Å². The van der Waals surface area contributed by atoms with Crippen LogP contribution in [0, 0.1) is 0 Å². The van der Waals surface area contributed by atoms with Gasteiger partial charge >= 0.3 is 0 Å². The van der Waals surface area contributed by atoms with E-state index in [0.717, 1.165) is 43.1 Å².